The highest BCUT2D eigenvalue weighted by atomic mass is 16.2. The standard InChI is InChI=1S/C42H84N2O2.C41H82N2O2/c43-41(45)39-37-35-33-31-29-27-25-23-21-19-17-15-13-11-9-7-5-3-1-2-4-6-8-10-12-14-16-18-20-22-24-26-28-30-32-34-36-38-40-42(44)46;42-40(44)38-36-34-32-30-28-26-24-22-20-18-16-14-12-10-8-6-4-2-1-3-5-7-9-11-13-15-17-19-21-23-25-27-29-31-33-35-37-39-41(43)45/h1-40H2,(H2,43,45)(H2,44,46);1-39H2,(H2,42,44)(H2,43,45). The van der Waals surface area contributed by atoms with Crippen molar-refractivity contribution < 1.29 is 19.2 Å². The molecule has 0 radical (unpaired) electrons. The lowest BCUT2D eigenvalue weighted by molar-refractivity contribution is -0.119. The molecule has 542 valence electrons. The first-order chi connectivity index (χ1) is 44.8. The molecule has 0 saturated heterocycles. The van der Waals surface area contributed by atoms with Crippen LogP contribution in [0.2, 0.25) is 0 Å². The van der Waals surface area contributed by atoms with Crippen molar-refractivity contribution in [1.29, 1.82) is 0 Å². The van der Waals surface area contributed by atoms with Crippen LogP contribution < -0.4 is 22.9 Å². The number of carbonyl (C=O) groups is 4. The van der Waals surface area contributed by atoms with Crippen molar-refractivity contribution >= 4 is 23.6 Å². The molecule has 0 aliphatic rings. The topological polar surface area (TPSA) is 172 Å². The summed E-state index contributed by atoms with van der Waals surface area (Å²) in [6, 6.07) is 0. The highest BCUT2D eigenvalue weighted by Gasteiger charge is 2.03. The number of amides is 4. The molecule has 0 saturated carbocycles. The first-order valence-corrected chi connectivity index (χ1v) is 41.9. The Bertz CT molecular complexity index is 1310. The van der Waals surface area contributed by atoms with Gasteiger partial charge >= 0.3 is 0 Å². The van der Waals surface area contributed by atoms with Gasteiger partial charge < -0.3 is 22.9 Å². The van der Waals surface area contributed by atoms with Crippen LogP contribution in [-0.4, -0.2) is 23.6 Å². The molecule has 0 aromatic rings. The summed E-state index contributed by atoms with van der Waals surface area (Å²) in [6.45, 7) is 0. The van der Waals surface area contributed by atoms with E-state index in [-0.39, 0.29) is 23.6 Å². The Labute approximate surface area is 570 Å². The van der Waals surface area contributed by atoms with Crippen molar-refractivity contribution in [2.45, 2.75) is 507 Å². The Hall–Kier alpha value is -2.12. The van der Waals surface area contributed by atoms with Crippen LogP contribution in [0.15, 0.2) is 0 Å². The zero-order valence-corrected chi connectivity index (χ0v) is 61.8. The largest absolute Gasteiger partial charge is 0.370 e. The van der Waals surface area contributed by atoms with Crippen LogP contribution in [0.4, 0.5) is 0 Å². The van der Waals surface area contributed by atoms with Crippen molar-refractivity contribution in [2.75, 3.05) is 0 Å². The van der Waals surface area contributed by atoms with Crippen LogP contribution in [0.25, 0.3) is 0 Å². The minimum absolute atomic E-state index is 0.151. The van der Waals surface area contributed by atoms with Gasteiger partial charge in [-0.25, -0.2) is 0 Å². The second kappa shape index (κ2) is 84.0. The van der Waals surface area contributed by atoms with Gasteiger partial charge in [-0.15, -0.1) is 0 Å². The molecule has 0 heterocycles. The lowest BCUT2D eigenvalue weighted by atomic mass is 10.0. The molecular formula is C83H166N4O4. The van der Waals surface area contributed by atoms with Crippen LogP contribution >= 0.6 is 0 Å². The molecule has 0 aliphatic carbocycles. The van der Waals surface area contributed by atoms with Gasteiger partial charge in [-0.05, 0) is 25.7 Å². The molecule has 91 heavy (non-hydrogen) atoms. The molecule has 0 bridgehead atoms. The first kappa shape index (κ1) is 90.9. The molecule has 0 fully saturated rings. The zero-order chi connectivity index (χ0) is 66.2. The van der Waals surface area contributed by atoms with Crippen molar-refractivity contribution in [2.24, 2.45) is 22.9 Å². The molecule has 0 aromatic carbocycles. The van der Waals surface area contributed by atoms with Crippen molar-refractivity contribution in [3.8, 4) is 0 Å². The molecule has 8 heteroatoms. The summed E-state index contributed by atoms with van der Waals surface area (Å²) in [5.41, 5.74) is 20.7. The van der Waals surface area contributed by atoms with E-state index < -0.39 is 0 Å². The third-order valence-corrected chi connectivity index (χ3v) is 19.9. The van der Waals surface area contributed by atoms with Gasteiger partial charge in [0, 0.05) is 25.7 Å². The Morgan fingerprint density at radius 3 is 0.187 bits per heavy atom. The molecule has 0 unspecified atom stereocenters. The summed E-state index contributed by atoms with van der Waals surface area (Å²) in [7, 11) is 0. The zero-order valence-electron chi connectivity index (χ0n) is 61.8. The summed E-state index contributed by atoms with van der Waals surface area (Å²) in [6.07, 6.45) is 106. The van der Waals surface area contributed by atoms with Crippen molar-refractivity contribution in [3.63, 3.8) is 0 Å². The smallest absolute Gasteiger partial charge is 0.217 e. The SMILES string of the molecule is NC(=O)CCCCCCCCCCCCCCCCCCCCCCCCCCCCCCCCCCCCCCCC(N)=O.NC(=O)CCCCCCCCCCCCCCCCCCCCCCCCCCCCCCCCCCCCCCCCC(N)=O. The second-order valence-corrected chi connectivity index (χ2v) is 29.4. The summed E-state index contributed by atoms with van der Waals surface area (Å²) in [4.78, 5) is 42.8. The molecule has 0 spiro atoms. The first-order valence-electron chi connectivity index (χ1n) is 41.9. The summed E-state index contributed by atoms with van der Waals surface area (Å²) in [5, 5.41) is 0. The minimum Gasteiger partial charge on any atom is -0.370 e. The Balaban J connectivity index is 0. The molecule has 0 aromatic heterocycles. The van der Waals surface area contributed by atoms with Crippen LogP contribution in [0, 0.1) is 0 Å². The van der Waals surface area contributed by atoms with E-state index in [9.17, 15) is 19.2 Å². The summed E-state index contributed by atoms with van der Waals surface area (Å²) in [5.74, 6) is -0.603. The van der Waals surface area contributed by atoms with Gasteiger partial charge in [0.05, 0.1) is 0 Å². The number of carbonyl (C=O) groups excluding carboxylic acids is 4. The van der Waals surface area contributed by atoms with Crippen LogP contribution in [0.5, 0.6) is 0 Å². The van der Waals surface area contributed by atoms with E-state index in [4.69, 9.17) is 22.9 Å². The van der Waals surface area contributed by atoms with E-state index in [1.807, 2.05) is 0 Å². The quantitative estimate of drug-likeness (QED) is 0.0444. The van der Waals surface area contributed by atoms with Crippen LogP contribution in [0.1, 0.15) is 507 Å². The van der Waals surface area contributed by atoms with Crippen LogP contribution in [-0.2, 0) is 19.2 Å². The monoisotopic (exact) mass is 1280 g/mol. The van der Waals surface area contributed by atoms with E-state index in [1.54, 1.807) is 0 Å². The summed E-state index contributed by atoms with van der Waals surface area (Å²) < 4.78 is 0. The van der Waals surface area contributed by atoms with Gasteiger partial charge in [-0.1, -0.05) is 456 Å². The molecule has 0 atom stereocenters. The number of nitrogens with two attached hydrogens (primary N) is 4. The predicted molar refractivity (Wildman–Crippen MR) is 402 cm³/mol. The van der Waals surface area contributed by atoms with Gasteiger partial charge in [0.2, 0.25) is 23.6 Å². The molecule has 8 nitrogen and oxygen atoms in total. The van der Waals surface area contributed by atoms with E-state index in [1.165, 1.54) is 430 Å². The van der Waals surface area contributed by atoms with Crippen molar-refractivity contribution in [3.05, 3.63) is 0 Å². The Morgan fingerprint density at radius 1 is 0.0989 bits per heavy atom. The van der Waals surface area contributed by atoms with Gasteiger partial charge in [-0.2, -0.15) is 0 Å². The molecule has 4 amide bonds. The molecule has 0 rings (SSSR count). The fraction of sp³-hybridized carbons (Fsp3) is 0.952. The fourth-order valence-corrected chi connectivity index (χ4v) is 13.7. The van der Waals surface area contributed by atoms with Crippen LogP contribution in [0.3, 0.4) is 0 Å². The van der Waals surface area contributed by atoms with E-state index in [2.05, 4.69) is 0 Å². The molecule has 8 N–H and O–H groups in total. The van der Waals surface area contributed by atoms with E-state index >= 15 is 0 Å². The van der Waals surface area contributed by atoms with Crippen molar-refractivity contribution in [1.82, 2.24) is 0 Å². The van der Waals surface area contributed by atoms with Gasteiger partial charge in [0.1, 0.15) is 0 Å². The van der Waals surface area contributed by atoms with E-state index in [0.29, 0.717) is 25.7 Å². The average molecular weight is 1280 g/mol. The Morgan fingerprint density at radius 2 is 0.143 bits per heavy atom. The van der Waals surface area contributed by atoms with Gasteiger partial charge in [0.15, 0.2) is 0 Å². The fourth-order valence-electron chi connectivity index (χ4n) is 13.7. The lowest BCUT2D eigenvalue weighted by Crippen LogP contribution is -2.09. The molecule has 0 aliphatic heterocycles. The third-order valence-electron chi connectivity index (χ3n) is 19.9. The highest BCUT2D eigenvalue weighted by molar-refractivity contribution is 5.74. The molecular weight excluding hydrogens is 1120 g/mol. The lowest BCUT2D eigenvalue weighted by Gasteiger charge is -2.05. The number of hydrogen-bond donors (Lipinski definition) is 4. The number of primary amides is 4. The maximum atomic E-state index is 10.7. The minimum atomic E-state index is -0.151. The predicted octanol–water partition coefficient (Wildman–Crippen LogP) is 26.7. The number of unbranched alkanes of at least 4 members (excludes halogenated alkanes) is 73. The highest BCUT2D eigenvalue weighted by Crippen LogP contribution is 2.21. The maximum absolute atomic E-state index is 10.7. The maximum Gasteiger partial charge on any atom is 0.217 e. The third kappa shape index (κ3) is 94.4. The van der Waals surface area contributed by atoms with Gasteiger partial charge in [0.25, 0.3) is 0 Å². The summed E-state index contributed by atoms with van der Waals surface area (Å²) >= 11 is 0. The van der Waals surface area contributed by atoms with Gasteiger partial charge in [-0.3, -0.25) is 19.2 Å². The normalized spacial score (nSPS) is 11.4. The van der Waals surface area contributed by atoms with E-state index in [0.717, 1.165) is 51.4 Å². The number of hydrogen-bond acceptors (Lipinski definition) is 4. The average Bonchev–Trinajstić information content (AvgIpc) is 3.52. The Kier molecular flexibility index (Phi) is 83.9. The second-order valence-electron chi connectivity index (χ2n) is 29.4. The number of rotatable bonds is 81.